The van der Waals surface area contributed by atoms with Crippen molar-refractivity contribution in [1.82, 2.24) is 4.90 Å². The van der Waals surface area contributed by atoms with Gasteiger partial charge in [0.25, 0.3) is 5.91 Å². The zero-order valence-electron chi connectivity index (χ0n) is 21.3. The Balaban J connectivity index is 1.83. The Bertz CT molecular complexity index is 1050. The number of aliphatic hydroxyl groups is 1. The summed E-state index contributed by atoms with van der Waals surface area (Å²) in [4.78, 5) is 45.1. The number of amides is 2. The Labute approximate surface area is 217 Å². The van der Waals surface area contributed by atoms with Crippen molar-refractivity contribution in [2.24, 2.45) is 11.8 Å². The van der Waals surface area contributed by atoms with Gasteiger partial charge in [-0.05, 0) is 44.2 Å². The highest BCUT2D eigenvalue weighted by molar-refractivity contribution is 8.02. The van der Waals surface area contributed by atoms with E-state index in [0.717, 1.165) is 23.2 Å². The molecule has 8 heteroatoms. The monoisotopic (exact) mass is 512 g/mol. The number of carbonyl (C=O) groups excluding carboxylic acids is 3. The number of hydrogen-bond donors (Lipinski definition) is 1. The first-order valence-electron chi connectivity index (χ1n) is 12.6. The number of aliphatic hydroxyl groups excluding tert-OH is 1. The highest BCUT2D eigenvalue weighted by atomic mass is 32.2. The van der Waals surface area contributed by atoms with Crippen molar-refractivity contribution in [3.63, 3.8) is 0 Å². The number of rotatable bonds is 10. The van der Waals surface area contributed by atoms with Crippen LogP contribution in [0.5, 0.6) is 0 Å². The van der Waals surface area contributed by atoms with Crippen LogP contribution in [0.15, 0.2) is 43.5 Å². The molecule has 1 aromatic carbocycles. The summed E-state index contributed by atoms with van der Waals surface area (Å²) in [6.45, 7) is 13.5. The summed E-state index contributed by atoms with van der Waals surface area (Å²) >= 11 is 1.60. The maximum Gasteiger partial charge on any atom is 0.311 e. The van der Waals surface area contributed by atoms with Crippen LogP contribution < -0.4 is 4.90 Å². The molecule has 0 aromatic heterocycles. The molecule has 6 atom stereocenters. The Hall–Kier alpha value is -2.58. The van der Waals surface area contributed by atoms with Gasteiger partial charge in [-0.25, -0.2) is 0 Å². The SMILES string of the molecule is C=CCOC(=O)[C@@H]1[C@@H]2CCC3(S2)C(C(=O)N(CC=C)c2c(C)cccc2C)N([C@@H](CC)CO)C(=O)[C@H]13. The average molecular weight is 513 g/mol. The zero-order valence-corrected chi connectivity index (χ0v) is 22.1. The fraction of sp³-hybridized carbons (Fsp3) is 0.536. The van der Waals surface area contributed by atoms with Gasteiger partial charge in [0.1, 0.15) is 12.6 Å². The van der Waals surface area contributed by atoms with E-state index in [9.17, 15) is 19.5 Å². The van der Waals surface area contributed by atoms with E-state index in [4.69, 9.17) is 4.74 Å². The molecule has 1 spiro atoms. The molecule has 0 radical (unpaired) electrons. The van der Waals surface area contributed by atoms with E-state index in [-0.39, 0.29) is 30.3 Å². The number of benzene rings is 1. The summed E-state index contributed by atoms with van der Waals surface area (Å²) < 4.78 is 4.67. The molecule has 3 heterocycles. The molecule has 7 nitrogen and oxygen atoms in total. The minimum atomic E-state index is -0.793. The van der Waals surface area contributed by atoms with Crippen LogP contribution in [-0.4, -0.2) is 69.6 Å². The number of nitrogens with zero attached hydrogens (tertiary/aromatic N) is 2. The number of anilines is 1. The van der Waals surface area contributed by atoms with Crippen molar-refractivity contribution in [3.8, 4) is 0 Å². The minimum Gasteiger partial charge on any atom is -0.461 e. The highest BCUT2D eigenvalue weighted by Crippen LogP contribution is 2.67. The number of likely N-dealkylation sites (tertiary alicyclic amines) is 1. The second kappa shape index (κ2) is 10.4. The summed E-state index contributed by atoms with van der Waals surface area (Å²) in [5, 5.41) is 10.2. The molecule has 0 saturated carbocycles. The predicted octanol–water partition coefficient (Wildman–Crippen LogP) is 3.41. The van der Waals surface area contributed by atoms with E-state index in [1.165, 1.54) is 6.08 Å². The summed E-state index contributed by atoms with van der Waals surface area (Å²) in [6.07, 6.45) is 5.10. The van der Waals surface area contributed by atoms with Gasteiger partial charge in [0.05, 0.1) is 29.2 Å². The van der Waals surface area contributed by atoms with Gasteiger partial charge in [-0.1, -0.05) is 43.9 Å². The second-order valence-corrected chi connectivity index (χ2v) is 11.5. The van der Waals surface area contributed by atoms with E-state index in [1.807, 2.05) is 39.0 Å². The first-order chi connectivity index (χ1) is 17.3. The average Bonchev–Trinajstić information content (AvgIpc) is 3.50. The van der Waals surface area contributed by atoms with Gasteiger partial charge in [-0.2, -0.15) is 0 Å². The van der Waals surface area contributed by atoms with E-state index in [0.29, 0.717) is 19.4 Å². The molecule has 2 bridgehead atoms. The van der Waals surface area contributed by atoms with Crippen LogP contribution in [0.3, 0.4) is 0 Å². The number of aryl methyl sites for hydroxylation is 2. The lowest BCUT2D eigenvalue weighted by Gasteiger charge is -2.40. The lowest BCUT2D eigenvalue weighted by atomic mass is 9.71. The number of thioether (sulfide) groups is 1. The van der Waals surface area contributed by atoms with Gasteiger partial charge in [0.15, 0.2) is 0 Å². The molecule has 3 fully saturated rings. The molecule has 1 aromatic rings. The van der Waals surface area contributed by atoms with Crippen molar-refractivity contribution in [2.75, 3.05) is 24.7 Å². The number of esters is 1. The predicted molar refractivity (Wildman–Crippen MR) is 142 cm³/mol. The molecule has 1 N–H and O–H groups in total. The summed E-state index contributed by atoms with van der Waals surface area (Å²) in [5.74, 6) is -2.10. The minimum absolute atomic E-state index is 0.0732. The van der Waals surface area contributed by atoms with Gasteiger partial charge < -0.3 is 19.6 Å². The smallest absolute Gasteiger partial charge is 0.311 e. The van der Waals surface area contributed by atoms with Gasteiger partial charge >= 0.3 is 5.97 Å². The van der Waals surface area contributed by atoms with Crippen molar-refractivity contribution in [2.45, 2.75) is 62.1 Å². The third-order valence-electron chi connectivity index (χ3n) is 7.95. The lowest BCUT2D eigenvalue weighted by Crippen LogP contribution is -2.57. The van der Waals surface area contributed by atoms with Gasteiger partial charge in [-0.3, -0.25) is 14.4 Å². The van der Waals surface area contributed by atoms with Crippen LogP contribution in [0.2, 0.25) is 0 Å². The molecule has 3 aliphatic heterocycles. The number of fused-ring (bicyclic) bond motifs is 1. The Morgan fingerprint density at radius 3 is 2.58 bits per heavy atom. The molecular formula is C28H36N2O5S. The molecule has 194 valence electrons. The first-order valence-corrected chi connectivity index (χ1v) is 13.5. The van der Waals surface area contributed by atoms with Crippen molar-refractivity contribution in [1.29, 1.82) is 0 Å². The van der Waals surface area contributed by atoms with Crippen LogP contribution >= 0.6 is 11.8 Å². The Kier molecular flexibility index (Phi) is 7.67. The molecule has 0 aliphatic carbocycles. The molecular weight excluding hydrogens is 476 g/mol. The van der Waals surface area contributed by atoms with Crippen LogP contribution in [0.4, 0.5) is 5.69 Å². The fourth-order valence-electron chi connectivity index (χ4n) is 6.48. The van der Waals surface area contributed by atoms with E-state index in [1.54, 1.807) is 27.6 Å². The van der Waals surface area contributed by atoms with Crippen LogP contribution in [0.1, 0.15) is 37.3 Å². The van der Waals surface area contributed by atoms with Crippen molar-refractivity contribution < 1.29 is 24.2 Å². The number of carbonyl (C=O) groups is 3. The normalized spacial score (nSPS) is 29.1. The first kappa shape index (κ1) is 26.5. The Morgan fingerprint density at radius 2 is 2.00 bits per heavy atom. The summed E-state index contributed by atoms with van der Waals surface area (Å²) in [7, 11) is 0. The van der Waals surface area contributed by atoms with E-state index >= 15 is 0 Å². The summed E-state index contributed by atoms with van der Waals surface area (Å²) in [5.41, 5.74) is 2.73. The molecule has 2 amide bonds. The Morgan fingerprint density at radius 1 is 1.31 bits per heavy atom. The van der Waals surface area contributed by atoms with Gasteiger partial charge in [0, 0.05) is 17.5 Å². The molecule has 36 heavy (non-hydrogen) atoms. The maximum atomic E-state index is 14.6. The fourth-order valence-corrected chi connectivity index (χ4v) is 8.67. The van der Waals surface area contributed by atoms with E-state index < -0.39 is 34.6 Å². The quantitative estimate of drug-likeness (QED) is 0.382. The largest absolute Gasteiger partial charge is 0.461 e. The topological polar surface area (TPSA) is 87.2 Å². The van der Waals surface area contributed by atoms with E-state index in [2.05, 4.69) is 13.2 Å². The standard InChI is InChI=1S/C28H36N2O5S/c1-6-14-29(23-17(4)10-9-11-18(23)5)26(33)24-28-13-12-20(36-28)21(27(34)35-15-7-2)22(28)25(32)30(24)19(8-3)16-31/h6-7,9-11,19-22,24,31H,1-2,8,12-16H2,3-5H3/t19-,20-,21+,22-,24?,28?/m0/s1. The molecule has 4 rings (SSSR count). The molecule has 3 saturated heterocycles. The van der Waals surface area contributed by atoms with Gasteiger partial charge in [0.2, 0.25) is 5.91 Å². The zero-order chi connectivity index (χ0) is 26.2. The third kappa shape index (κ3) is 3.98. The third-order valence-corrected chi connectivity index (χ3v) is 9.90. The lowest BCUT2D eigenvalue weighted by molar-refractivity contribution is -0.153. The number of para-hydroxylation sites is 1. The van der Waals surface area contributed by atoms with Crippen molar-refractivity contribution in [3.05, 3.63) is 54.6 Å². The number of hydrogen-bond acceptors (Lipinski definition) is 6. The van der Waals surface area contributed by atoms with Gasteiger partial charge in [-0.15, -0.1) is 18.3 Å². The highest BCUT2D eigenvalue weighted by Gasteiger charge is 2.74. The second-order valence-electron chi connectivity index (χ2n) is 9.94. The van der Waals surface area contributed by atoms with Crippen LogP contribution in [-0.2, 0) is 19.1 Å². The van der Waals surface area contributed by atoms with Crippen molar-refractivity contribution >= 4 is 35.2 Å². The van der Waals surface area contributed by atoms with Crippen LogP contribution in [0, 0.1) is 25.7 Å². The number of ether oxygens (including phenoxy) is 1. The maximum absolute atomic E-state index is 14.6. The summed E-state index contributed by atoms with van der Waals surface area (Å²) in [6, 6.07) is 4.58. The van der Waals surface area contributed by atoms with Crippen LogP contribution in [0.25, 0.3) is 0 Å². The molecule has 2 unspecified atom stereocenters. The molecule has 3 aliphatic rings.